The first-order chi connectivity index (χ1) is 10.2. The number of aryl methyl sites for hydroxylation is 2. The van der Waals surface area contributed by atoms with Crippen LogP contribution in [0.5, 0.6) is 0 Å². The van der Waals surface area contributed by atoms with E-state index in [9.17, 15) is 17.8 Å². The van der Waals surface area contributed by atoms with Crippen molar-refractivity contribution in [3.63, 3.8) is 0 Å². The molecule has 1 aromatic heterocycles. The summed E-state index contributed by atoms with van der Waals surface area (Å²) in [5, 5.41) is 2.70. The Kier molecular flexibility index (Phi) is 6.21. The number of carbonyl (C=O) groups excluding carboxylic acids is 1. The SMILES string of the molecule is CC(=O)Nc1cccc[n+]1C.Cc1ccc(S(=O)(=O)[O-])cc1. The smallest absolute Gasteiger partial charge is 0.304 e. The zero-order valence-corrected chi connectivity index (χ0v) is 13.4. The molecule has 0 aliphatic rings. The molecule has 0 saturated carbocycles. The van der Waals surface area contributed by atoms with Crippen molar-refractivity contribution in [1.82, 2.24) is 0 Å². The Balaban J connectivity index is 0.000000220. The standard InChI is InChI=1S/C8H10N2O.C7H8O3S/c1-7(11)9-8-5-3-4-6-10(8)2;1-6-2-4-7(5-3-6)11(8,9)10/h3-6H,1-2H3;2-5H,1H3,(H,8,9,10). The van der Waals surface area contributed by atoms with Crippen LogP contribution in [-0.2, 0) is 22.0 Å². The van der Waals surface area contributed by atoms with E-state index >= 15 is 0 Å². The molecule has 0 spiro atoms. The Hall–Kier alpha value is -2.25. The van der Waals surface area contributed by atoms with Gasteiger partial charge in [0.05, 0.1) is 18.1 Å². The van der Waals surface area contributed by atoms with E-state index in [0.717, 1.165) is 11.4 Å². The summed E-state index contributed by atoms with van der Waals surface area (Å²) in [4.78, 5) is 10.5. The predicted octanol–water partition coefficient (Wildman–Crippen LogP) is 1.37. The van der Waals surface area contributed by atoms with Crippen molar-refractivity contribution < 1.29 is 22.3 Å². The van der Waals surface area contributed by atoms with Crippen LogP contribution in [0.3, 0.4) is 0 Å². The molecule has 0 atom stereocenters. The number of pyridine rings is 1. The van der Waals surface area contributed by atoms with E-state index in [1.807, 2.05) is 42.9 Å². The molecule has 7 heteroatoms. The van der Waals surface area contributed by atoms with Crippen LogP contribution in [0.4, 0.5) is 5.82 Å². The zero-order chi connectivity index (χ0) is 16.8. The van der Waals surface area contributed by atoms with Crippen molar-refractivity contribution in [3.8, 4) is 0 Å². The highest BCUT2D eigenvalue weighted by molar-refractivity contribution is 7.85. The summed E-state index contributed by atoms with van der Waals surface area (Å²) >= 11 is 0. The summed E-state index contributed by atoms with van der Waals surface area (Å²) in [5.41, 5.74) is 0.928. The van der Waals surface area contributed by atoms with Crippen molar-refractivity contribution in [2.45, 2.75) is 18.7 Å². The number of carbonyl (C=O) groups is 1. The molecule has 2 aromatic rings. The lowest BCUT2D eigenvalue weighted by Crippen LogP contribution is -2.32. The number of hydrogen-bond donors (Lipinski definition) is 1. The van der Waals surface area contributed by atoms with Gasteiger partial charge in [0.1, 0.15) is 10.1 Å². The van der Waals surface area contributed by atoms with Gasteiger partial charge in [0, 0.05) is 13.0 Å². The topological polar surface area (TPSA) is 90.2 Å². The quantitative estimate of drug-likeness (QED) is 0.668. The Morgan fingerprint density at radius 3 is 2.18 bits per heavy atom. The lowest BCUT2D eigenvalue weighted by Gasteiger charge is -2.05. The molecule has 22 heavy (non-hydrogen) atoms. The molecule has 1 N–H and O–H groups in total. The molecular weight excluding hydrogens is 304 g/mol. The second-order valence-electron chi connectivity index (χ2n) is 4.65. The van der Waals surface area contributed by atoms with Crippen molar-refractivity contribution >= 4 is 21.8 Å². The minimum atomic E-state index is -4.27. The third-order valence-corrected chi connectivity index (χ3v) is 3.52. The molecule has 118 valence electrons. The Morgan fingerprint density at radius 1 is 1.14 bits per heavy atom. The maximum atomic E-state index is 10.6. The van der Waals surface area contributed by atoms with E-state index in [0.29, 0.717) is 0 Å². The summed E-state index contributed by atoms with van der Waals surface area (Å²) in [6, 6.07) is 11.4. The van der Waals surface area contributed by atoms with Crippen molar-refractivity contribution in [1.29, 1.82) is 0 Å². The largest absolute Gasteiger partial charge is 0.744 e. The van der Waals surface area contributed by atoms with Crippen molar-refractivity contribution in [2.24, 2.45) is 7.05 Å². The number of aromatic nitrogens is 1. The van der Waals surface area contributed by atoms with Gasteiger partial charge in [-0.25, -0.2) is 23.1 Å². The monoisotopic (exact) mass is 322 g/mol. The zero-order valence-electron chi connectivity index (χ0n) is 12.6. The van der Waals surface area contributed by atoms with Gasteiger partial charge in [-0.1, -0.05) is 23.8 Å². The molecule has 0 fully saturated rings. The lowest BCUT2D eigenvalue weighted by molar-refractivity contribution is -0.657. The van der Waals surface area contributed by atoms with E-state index in [2.05, 4.69) is 5.32 Å². The molecule has 1 aromatic carbocycles. The van der Waals surface area contributed by atoms with Gasteiger partial charge in [0.25, 0.3) is 5.82 Å². The van der Waals surface area contributed by atoms with Crippen molar-refractivity contribution in [3.05, 3.63) is 54.2 Å². The molecule has 1 heterocycles. The van der Waals surface area contributed by atoms with Crippen LogP contribution >= 0.6 is 0 Å². The van der Waals surface area contributed by atoms with E-state index in [-0.39, 0.29) is 10.8 Å². The van der Waals surface area contributed by atoms with Gasteiger partial charge in [-0.15, -0.1) is 0 Å². The van der Waals surface area contributed by atoms with E-state index < -0.39 is 10.1 Å². The Labute approximate surface area is 130 Å². The molecule has 6 nitrogen and oxygen atoms in total. The first kappa shape index (κ1) is 17.8. The lowest BCUT2D eigenvalue weighted by atomic mass is 10.2. The molecule has 0 aliphatic heterocycles. The number of hydrogen-bond acceptors (Lipinski definition) is 4. The highest BCUT2D eigenvalue weighted by Crippen LogP contribution is 2.08. The van der Waals surface area contributed by atoms with Gasteiger partial charge >= 0.3 is 5.91 Å². The highest BCUT2D eigenvalue weighted by atomic mass is 32.2. The summed E-state index contributed by atoms with van der Waals surface area (Å²) in [7, 11) is -2.39. The normalized spacial score (nSPS) is 10.4. The van der Waals surface area contributed by atoms with Gasteiger partial charge < -0.3 is 4.55 Å². The molecule has 2 rings (SSSR count). The number of nitrogens with zero attached hydrogens (tertiary/aromatic N) is 1. The summed E-state index contributed by atoms with van der Waals surface area (Å²) in [5.74, 6) is 0.756. The fourth-order valence-electron chi connectivity index (χ4n) is 1.54. The maximum Gasteiger partial charge on any atom is 0.304 e. The second kappa shape index (κ2) is 7.67. The third-order valence-electron chi connectivity index (χ3n) is 2.67. The van der Waals surface area contributed by atoms with Crippen LogP contribution in [0.25, 0.3) is 0 Å². The molecule has 0 radical (unpaired) electrons. The number of anilines is 1. The Morgan fingerprint density at radius 2 is 1.73 bits per heavy atom. The van der Waals surface area contributed by atoms with E-state index in [4.69, 9.17) is 0 Å². The number of amides is 1. The van der Waals surface area contributed by atoms with Gasteiger partial charge in [-0.3, -0.25) is 0 Å². The summed E-state index contributed by atoms with van der Waals surface area (Å²) < 4.78 is 33.0. The Bertz CT molecular complexity index is 740. The molecule has 0 aliphatic carbocycles. The van der Waals surface area contributed by atoms with Crippen LogP contribution in [0, 0.1) is 6.92 Å². The summed E-state index contributed by atoms with van der Waals surface area (Å²) in [6.07, 6.45) is 1.88. The number of rotatable bonds is 2. The number of nitrogens with one attached hydrogen (secondary N) is 1. The van der Waals surface area contributed by atoms with Crippen LogP contribution in [0.2, 0.25) is 0 Å². The molecule has 0 saturated heterocycles. The van der Waals surface area contributed by atoms with Gasteiger partial charge in [0.15, 0.2) is 0 Å². The van der Waals surface area contributed by atoms with Crippen LogP contribution in [-0.4, -0.2) is 18.9 Å². The van der Waals surface area contributed by atoms with Crippen LogP contribution < -0.4 is 9.88 Å². The van der Waals surface area contributed by atoms with Crippen molar-refractivity contribution in [2.75, 3.05) is 5.32 Å². The average molecular weight is 322 g/mol. The minimum absolute atomic E-state index is 0.0493. The minimum Gasteiger partial charge on any atom is -0.744 e. The maximum absolute atomic E-state index is 10.6. The van der Waals surface area contributed by atoms with Crippen LogP contribution in [0.15, 0.2) is 53.6 Å². The highest BCUT2D eigenvalue weighted by Gasteiger charge is 2.04. The average Bonchev–Trinajstić information content (AvgIpc) is 2.41. The van der Waals surface area contributed by atoms with Gasteiger partial charge in [-0.2, -0.15) is 0 Å². The first-order valence-corrected chi connectivity index (χ1v) is 7.86. The van der Waals surface area contributed by atoms with Gasteiger partial charge in [-0.05, 0) is 25.1 Å². The van der Waals surface area contributed by atoms with E-state index in [1.54, 1.807) is 12.1 Å². The molecule has 1 amide bonds. The molecular formula is C15H18N2O4S. The van der Waals surface area contributed by atoms with Gasteiger partial charge in [0.2, 0.25) is 0 Å². The predicted molar refractivity (Wildman–Crippen MR) is 81.1 cm³/mol. The van der Waals surface area contributed by atoms with E-state index in [1.165, 1.54) is 19.1 Å². The third kappa shape index (κ3) is 6.02. The first-order valence-electron chi connectivity index (χ1n) is 6.45. The fourth-order valence-corrected chi connectivity index (χ4v) is 2.01. The number of benzene rings is 1. The molecule has 0 bridgehead atoms. The summed E-state index contributed by atoms with van der Waals surface area (Å²) in [6.45, 7) is 3.31. The fraction of sp³-hybridized carbons (Fsp3) is 0.200. The molecule has 0 unspecified atom stereocenters. The second-order valence-corrected chi connectivity index (χ2v) is 6.02. The van der Waals surface area contributed by atoms with Crippen LogP contribution in [0.1, 0.15) is 12.5 Å².